The molecule has 1 aromatic heterocycles. The number of benzene rings is 2. The van der Waals surface area contributed by atoms with Crippen LogP contribution in [0.5, 0.6) is 0 Å². The molecule has 2 aromatic carbocycles. The van der Waals surface area contributed by atoms with Crippen LogP contribution in [0.4, 0.5) is 0 Å². The van der Waals surface area contributed by atoms with E-state index in [0.717, 1.165) is 17.7 Å². The summed E-state index contributed by atoms with van der Waals surface area (Å²) in [6.45, 7) is 4.88. The number of nitrogens with one attached hydrogen (secondary N) is 1. The van der Waals surface area contributed by atoms with Gasteiger partial charge in [-0.15, -0.1) is 5.10 Å². The number of carbonyl (C=O) groups excluding carboxylic acids is 1. The number of rotatable bonds is 9. The van der Waals surface area contributed by atoms with Crippen molar-refractivity contribution in [3.63, 3.8) is 0 Å². The summed E-state index contributed by atoms with van der Waals surface area (Å²) in [5.41, 5.74) is 2.04. The van der Waals surface area contributed by atoms with E-state index >= 15 is 0 Å². The molecule has 182 valence electrons. The van der Waals surface area contributed by atoms with Gasteiger partial charge >= 0.3 is 0 Å². The molecule has 3 aromatic rings. The van der Waals surface area contributed by atoms with Gasteiger partial charge in [0.1, 0.15) is 11.0 Å². The quantitative estimate of drug-likeness (QED) is 0.485. The van der Waals surface area contributed by atoms with Gasteiger partial charge in [0.05, 0.1) is 18.1 Å². The number of aryl methyl sites for hydroxylation is 1. The average molecular weight is 488 g/mol. The fraction of sp³-hybridized carbons (Fsp3) is 0.435. The Morgan fingerprint density at radius 3 is 2.62 bits per heavy atom. The summed E-state index contributed by atoms with van der Waals surface area (Å²) in [5, 5.41) is 10.9. The molecule has 0 radical (unpaired) electrons. The first-order valence-electron chi connectivity index (χ1n) is 11.3. The van der Waals surface area contributed by atoms with Gasteiger partial charge in [-0.3, -0.25) is 4.79 Å². The number of ether oxygens (including phenoxy) is 1. The number of aromatic nitrogens is 3. The number of amides is 1. The molecule has 11 heteroatoms. The molecule has 2 atom stereocenters. The Hall–Kier alpha value is -3.02. The molecule has 1 amide bonds. The summed E-state index contributed by atoms with van der Waals surface area (Å²) in [5.74, 6) is -0.290. The molecule has 1 saturated heterocycles. The van der Waals surface area contributed by atoms with Crippen LogP contribution in [0.1, 0.15) is 25.8 Å². The molecule has 1 fully saturated rings. The van der Waals surface area contributed by atoms with Gasteiger partial charge in [0.15, 0.2) is 0 Å². The number of sulfonamides is 1. The molecule has 0 spiro atoms. The second-order valence-corrected chi connectivity index (χ2v) is 10.2. The highest BCUT2D eigenvalue weighted by Gasteiger charge is 2.27. The second-order valence-electron chi connectivity index (χ2n) is 8.31. The highest BCUT2D eigenvalue weighted by Crippen LogP contribution is 2.21. The maximum atomic E-state index is 13.0. The van der Waals surface area contributed by atoms with Crippen molar-refractivity contribution in [2.45, 2.75) is 43.7 Å². The van der Waals surface area contributed by atoms with Gasteiger partial charge in [-0.25, -0.2) is 8.42 Å². The van der Waals surface area contributed by atoms with Crippen molar-refractivity contribution in [1.29, 1.82) is 0 Å². The van der Waals surface area contributed by atoms with Gasteiger partial charge < -0.3 is 14.9 Å². The lowest BCUT2D eigenvalue weighted by Crippen LogP contribution is -2.43. The van der Waals surface area contributed by atoms with Crippen LogP contribution in [-0.4, -0.2) is 72.2 Å². The number of hydrogen-bond donors (Lipinski definition) is 1. The zero-order chi connectivity index (χ0) is 24.1. The lowest BCUT2D eigenvalue weighted by atomic mass is 10.1. The predicted octanol–water partition coefficient (Wildman–Crippen LogP) is 1.41. The Kier molecular flexibility index (Phi) is 7.44. The zero-order valence-corrected chi connectivity index (χ0v) is 20.1. The third-order valence-corrected chi connectivity index (χ3v) is 7.61. The first-order valence-corrected chi connectivity index (χ1v) is 12.7. The van der Waals surface area contributed by atoms with Crippen molar-refractivity contribution in [2.24, 2.45) is 0 Å². The number of fused-ring (bicyclic) bond motifs is 1. The summed E-state index contributed by atoms with van der Waals surface area (Å²) < 4.78 is 32.6. The van der Waals surface area contributed by atoms with Crippen LogP contribution < -0.4 is 10.2 Å². The Balaban J connectivity index is 1.41. The van der Waals surface area contributed by atoms with Crippen LogP contribution in [0.2, 0.25) is 0 Å². The van der Waals surface area contributed by atoms with Gasteiger partial charge in [0.25, 0.3) is 5.91 Å². The summed E-state index contributed by atoms with van der Waals surface area (Å²) in [6, 6.07) is 14.6. The zero-order valence-electron chi connectivity index (χ0n) is 19.3. The fourth-order valence-electron chi connectivity index (χ4n) is 3.71. The van der Waals surface area contributed by atoms with Crippen molar-refractivity contribution in [3.05, 3.63) is 54.1 Å². The first kappa shape index (κ1) is 24.1. The molecule has 2 unspecified atom stereocenters. The topological polar surface area (TPSA) is 116 Å². The van der Waals surface area contributed by atoms with Crippen molar-refractivity contribution in [3.8, 4) is 0 Å². The van der Waals surface area contributed by atoms with E-state index in [1.54, 1.807) is 13.0 Å². The number of carbonyl (C=O) groups is 1. The molecular weight excluding hydrogens is 458 g/mol. The molecule has 4 rings (SSSR count). The Labute approximate surface area is 198 Å². The van der Waals surface area contributed by atoms with Crippen LogP contribution in [0.15, 0.2) is 53.4 Å². The Bertz CT molecular complexity index is 1230. The molecule has 0 saturated carbocycles. The van der Waals surface area contributed by atoms with Gasteiger partial charge in [-0.05, 0) is 55.7 Å². The smallest absolute Gasteiger partial charge is 0.263 e. The van der Waals surface area contributed by atoms with Crippen molar-refractivity contribution < 1.29 is 22.8 Å². The van der Waals surface area contributed by atoms with E-state index in [1.807, 2.05) is 25.1 Å². The number of hydrogen-bond acceptors (Lipinski definition) is 7. The van der Waals surface area contributed by atoms with Crippen LogP contribution >= 0.6 is 0 Å². The summed E-state index contributed by atoms with van der Waals surface area (Å²) in [6.07, 6.45) is 0.784. The summed E-state index contributed by atoms with van der Waals surface area (Å²) in [7, 11) is -3.69. The van der Waals surface area contributed by atoms with Crippen molar-refractivity contribution >= 4 is 27.0 Å². The molecule has 10 nitrogen and oxygen atoms in total. The maximum Gasteiger partial charge on any atom is 0.263 e. The van der Waals surface area contributed by atoms with Crippen LogP contribution in [-0.2, 0) is 26.0 Å². The molecule has 1 aliphatic rings. The minimum Gasteiger partial charge on any atom is -0.382 e. The number of morpholine rings is 1. The van der Waals surface area contributed by atoms with Crippen molar-refractivity contribution in [2.75, 3.05) is 26.3 Å². The van der Waals surface area contributed by atoms with Crippen LogP contribution in [0.3, 0.4) is 0 Å². The van der Waals surface area contributed by atoms with Gasteiger partial charge in [-0.2, -0.15) is 4.31 Å². The van der Waals surface area contributed by atoms with Gasteiger partial charge in [0.2, 0.25) is 16.1 Å². The van der Waals surface area contributed by atoms with E-state index in [2.05, 4.69) is 27.8 Å². The monoisotopic (exact) mass is 487 g/mol. The standard InChI is InChI=1S/C23H29N5O5S/c1-17(8-9-19-6-4-3-5-7-19)24-23(29)18(2)33-28-22-16-20(10-11-21(22)25-26-28)34(30,31)27-12-14-32-15-13-27/h3-7,10-11,16-18H,8-9,12-15H2,1-2H3,(H,24,29). The van der Waals surface area contributed by atoms with E-state index in [-0.39, 0.29) is 16.8 Å². The second kappa shape index (κ2) is 10.5. The molecule has 0 aliphatic carbocycles. The van der Waals surface area contributed by atoms with E-state index < -0.39 is 16.1 Å². The van der Waals surface area contributed by atoms with Crippen molar-refractivity contribution in [1.82, 2.24) is 24.8 Å². The predicted molar refractivity (Wildman–Crippen MR) is 126 cm³/mol. The lowest BCUT2D eigenvalue weighted by molar-refractivity contribution is -0.133. The van der Waals surface area contributed by atoms with Crippen LogP contribution in [0.25, 0.3) is 11.0 Å². The van der Waals surface area contributed by atoms with Crippen LogP contribution in [0, 0.1) is 0 Å². The van der Waals surface area contributed by atoms with E-state index in [1.165, 1.54) is 22.0 Å². The fourth-order valence-corrected chi connectivity index (χ4v) is 5.14. The molecular formula is C23H29N5O5S. The van der Waals surface area contributed by atoms with Gasteiger partial charge in [-0.1, -0.05) is 35.2 Å². The molecule has 1 aliphatic heterocycles. The largest absolute Gasteiger partial charge is 0.382 e. The van der Waals surface area contributed by atoms with E-state index in [9.17, 15) is 13.2 Å². The molecule has 0 bridgehead atoms. The molecule has 34 heavy (non-hydrogen) atoms. The van der Waals surface area contributed by atoms with Gasteiger partial charge in [0, 0.05) is 19.1 Å². The summed E-state index contributed by atoms with van der Waals surface area (Å²) >= 11 is 0. The van der Waals surface area contributed by atoms with E-state index in [0.29, 0.717) is 37.3 Å². The first-order chi connectivity index (χ1) is 16.3. The lowest BCUT2D eigenvalue weighted by Gasteiger charge is -2.26. The Morgan fingerprint density at radius 1 is 1.15 bits per heavy atom. The minimum absolute atomic E-state index is 0.0449. The molecule has 1 N–H and O–H groups in total. The SMILES string of the molecule is CC(CCc1ccccc1)NC(=O)C(C)On1nnc2ccc(S(=O)(=O)N3CCOCC3)cc21. The minimum atomic E-state index is -3.69. The third kappa shape index (κ3) is 5.54. The number of nitrogens with zero attached hydrogens (tertiary/aromatic N) is 4. The average Bonchev–Trinajstić information content (AvgIpc) is 3.25. The maximum absolute atomic E-state index is 13.0. The summed E-state index contributed by atoms with van der Waals surface area (Å²) in [4.78, 5) is 19.6. The third-order valence-electron chi connectivity index (χ3n) is 5.72. The normalized spacial score (nSPS) is 16.8. The highest BCUT2D eigenvalue weighted by atomic mass is 32.2. The molecule has 2 heterocycles. The highest BCUT2D eigenvalue weighted by molar-refractivity contribution is 7.89. The Morgan fingerprint density at radius 2 is 1.88 bits per heavy atom. The van der Waals surface area contributed by atoms with E-state index in [4.69, 9.17) is 9.57 Å².